The fraction of sp³-hybridized carbons (Fsp3) is 0.558. The summed E-state index contributed by atoms with van der Waals surface area (Å²) in [6.07, 6.45) is 9.02. The molecule has 2 N–H and O–H groups in total. The number of carbonyl (C=O) groups is 3. The Bertz CT molecular complexity index is 1990. The molecule has 0 spiro atoms. The molecular formula is C43H53NO6. The van der Waals surface area contributed by atoms with Crippen LogP contribution in [0.5, 0.6) is 0 Å². The molecule has 7 heteroatoms. The van der Waals surface area contributed by atoms with Crippen LogP contribution in [0.2, 0.25) is 0 Å². The predicted octanol–water partition coefficient (Wildman–Crippen LogP) is 8.64. The van der Waals surface area contributed by atoms with Gasteiger partial charge >= 0.3 is 5.97 Å². The molecule has 0 radical (unpaired) electrons. The van der Waals surface area contributed by atoms with Gasteiger partial charge in [-0.15, -0.1) is 0 Å². The molecule has 0 bridgehead atoms. The van der Waals surface area contributed by atoms with Crippen LogP contribution < -0.4 is 0 Å². The van der Waals surface area contributed by atoms with E-state index in [1.54, 1.807) is 0 Å². The third-order valence-corrected chi connectivity index (χ3v) is 14.0. The molecule has 8 rings (SSSR count). The van der Waals surface area contributed by atoms with Gasteiger partial charge in [-0.05, 0) is 113 Å². The van der Waals surface area contributed by atoms with Crippen molar-refractivity contribution in [2.45, 2.75) is 123 Å². The summed E-state index contributed by atoms with van der Waals surface area (Å²) in [5.74, 6) is 0.249. The van der Waals surface area contributed by atoms with Crippen molar-refractivity contribution >= 4 is 34.0 Å². The number of carbonyl (C=O) groups excluding carboxylic acids is 2. The Hall–Kier alpha value is -3.55. The molecule has 8 atom stereocenters. The Balaban J connectivity index is 0.000000440. The van der Waals surface area contributed by atoms with E-state index in [4.69, 9.17) is 9.84 Å². The topological polar surface area (TPSA) is 106 Å². The average molecular weight is 680 g/mol. The zero-order chi connectivity index (χ0) is 36.6. The van der Waals surface area contributed by atoms with Gasteiger partial charge in [0.15, 0.2) is 5.78 Å². The number of benzene rings is 1. The molecule has 50 heavy (non-hydrogen) atoms. The number of hydrogen-bond donors (Lipinski definition) is 2. The van der Waals surface area contributed by atoms with Gasteiger partial charge in [0.05, 0.1) is 28.4 Å². The van der Waals surface area contributed by atoms with E-state index in [-0.39, 0.29) is 28.4 Å². The summed E-state index contributed by atoms with van der Waals surface area (Å²) >= 11 is 0. The summed E-state index contributed by atoms with van der Waals surface area (Å²) in [4.78, 5) is 37.5. The number of aliphatic hydroxyl groups excluding tert-OH is 1. The number of ether oxygens (including phenoxy) is 1. The highest BCUT2D eigenvalue weighted by atomic mass is 16.5. The Morgan fingerprint density at radius 2 is 1.78 bits per heavy atom. The minimum absolute atomic E-state index is 0.0293. The maximum Gasteiger partial charge on any atom is 0.331 e. The lowest BCUT2D eigenvalue weighted by Crippen LogP contribution is -2.58. The van der Waals surface area contributed by atoms with E-state index in [1.807, 2.05) is 6.92 Å². The molecular weight excluding hydrogens is 626 g/mol. The number of carboxylic acids is 1. The smallest absolute Gasteiger partial charge is 0.331 e. The van der Waals surface area contributed by atoms with Gasteiger partial charge in [0, 0.05) is 45.9 Å². The minimum atomic E-state index is -0.898. The van der Waals surface area contributed by atoms with Crippen LogP contribution in [-0.2, 0) is 26.2 Å². The average Bonchev–Trinajstić information content (AvgIpc) is 3.68. The van der Waals surface area contributed by atoms with Gasteiger partial charge in [0.1, 0.15) is 11.8 Å². The number of ketones is 2. The largest absolute Gasteiger partial charge is 0.478 e. The fourth-order valence-electron chi connectivity index (χ4n) is 11.8. The second-order valence-corrected chi connectivity index (χ2v) is 17.6. The highest BCUT2D eigenvalue weighted by Gasteiger charge is 2.65. The van der Waals surface area contributed by atoms with Crippen LogP contribution >= 0.6 is 0 Å². The monoisotopic (exact) mass is 679 g/mol. The number of hydrogen-bond acceptors (Lipinski definition) is 5. The van der Waals surface area contributed by atoms with E-state index in [0.717, 1.165) is 53.5 Å². The van der Waals surface area contributed by atoms with Gasteiger partial charge in [-0.25, -0.2) is 4.79 Å². The standard InChI is InChI=1S/C37H45NO4.C6H8O2/c1-17(2)29-32(41)27-26-20(23-16-34(4,5)42-35(6,7)28(23)31(26)40)15-21-22-14-19-10-11-24-18(3)25(39)12-13-36(24,8)37(19,9)33(22)38(29)30(21)27;1-3-4-5(2)6(7)8/h15-16,18-19,24,28-29,31,40H,1,10-14H2,2-9H3;3-4H,1H2,2H3,(H,7,8)/b;5-4+/t18-,19?,24?,28?,29+,31?,36+,37-;/m1./s1. The molecule has 2 fully saturated rings. The lowest BCUT2D eigenvalue weighted by molar-refractivity contribution is -0.143. The first-order chi connectivity index (χ1) is 23.2. The molecule has 4 unspecified atom stereocenters. The summed E-state index contributed by atoms with van der Waals surface area (Å²) in [6.45, 7) is 26.6. The van der Waals surface area contributed by atoms with E-state index in [2.05, 4.69) is 78.3 Å². The zero-order valence-corrected chi connectivity index (χ0v) is 31.2. The zero-order valence-electron chi connectivity index (χ0n) is 31.2. The van der Waals surface area contributed by atoms with Crippen molar-refractivity contribution in [3.63, 3.8) is 0 Å². The summed E-state index contributed by atoms with van der Waals surface area (Å²) in [7, 11) is 0. The van der Waals surface area contributed by atoms with Crippen LogP contribution in [0.3, 0.4) is 0 Å². The van der Waals surface area contributed by atoms with Crippen molar-refractivity contribution in [2.75, 3.05) is 0 Å². The molecule has 0 saturated heterocycles. The number of allylic oxidation sites excluding steroid dienone is 3. The van der Waals surface area contributed by atoms with Crippen LogP contribution in [0.25, 0.3) is 16.5 Å². The number of aliphatic carboxylic acids is 1. The SMILES string of the molecule is C=C(C)[C@H]1C(=O)c2c3c(cc4c5c(n1c24)[C@@]1(C)C(CCC2[C@@H](C)C(=O)CC[C@@]21C)C5)C1=CC(C)(C)OC(C)(C)C1C3O.C=C/C=C(\C)C(=O)O. The van der Waals surface area contributed by atoms with Crippen molar-refractivity contribution in [2.24, 2.45) is 29.1 Å². The van der Waals surface area contributed by atoms with Crippen LogP contribution in [0, 0.1) is 29.1 Å². The molecule has 2 saturated carbocycles. The van der Waals surface area contributed by atoms with E-state index < -0.39 is 29.3 Å². The van der Waals surface area contributed by atoms with Crippen LogP contribution in [0.4, 0.5) is 0 Å². The van der Waals surface area contributed by atoms with E-state index in [9.17, 15) is 19.5 Å². The van der Waals surface area contributed by atoms with Gasteiger partial charge in [-0.2, -0.15) is 0 Å². The highest BCUT2D eigenvalue weighted by molar-refractivity contribution is 6.18. The number of aliphatic hydroxyl groups is 1. The Morgan fingerprint density at radius 1 is 1.10 bits per heavy atom. The third-order valence-electron chi connectivity index (χ3n) is 14.0. The maximum absolute atomic E-state index is 14.6. The number of nitrogens with zero attached hydrogens (tertiary/aromatic N) is 1. The third kappa shape index (κ3) is 4.38. The first-order valence-electron chi connectivity index (χ1n) is 18.3. The Morgan fingerprint density at radius 3 is 2.38 bits per heavy atom. The summed E-state index contributed by atoms with van der Waals surface area (Å²) < 4.78 is 8.86. The lowest BCUT2D eigenvalue weighted by atomic mass is 9.44. The molecule has 2 aliphatic heterocycles. The van der Waals surface area contributed by atoms with Crippen molar-refractivity contribution < 1.29 is 29.3 Å². The van der Waals surface area contributed by atoms with Gasteiger partial charge in [0.25, 0.3) is 0 Å². The second-order valence-electron chi connectivity index (χ2n) is 17.6. The minimum Gasteiger partial charge on any atom is -0.478 e. The number of fused-ring (bicyclic) bond motifs is 11. The molecule has 4 aliphatic carbocycles. The maximum atomic E-state index is 14.6. The number of aromatic nitrogens is 1. The Kier molecular flexibility index (Phi) is 7.66. The molecule has 266 valence electrons. The molecule has 7 nitrogen and oxygen atoms in total. The first kappa shape index (κ1) is 34.9. The van der Waals surface area contributed by atoms with Crippen LogP contribution in [-0.4, -0.2) is 43.5 Å². The van der Waals surface area contributed by atoms with Crippen molar-refractivity contribution in [3.05, 3.63) is 76.5 Å². The van der Waals surface area contributed by atoms with Gasteiger partial charge in [-0.1, -0.05) is 51.7 Å². The van der Waals surface area contributed by atoms with E-state index >= 15 is 0 Å². The van der Waals surface area contributed by atoms with Crippen molar-refractivity contribution in [3.8, 4) is 0 Å². The molecule has 1 aromatic heterocycles. The fourth-order valence-corrected chi connectivity index (χ4v) is 11.8. The van der Waals surface area contributed by atoms with Crippen LogP contribution in [0.1, 0.15) is 133 Å². The number of rotatable bonds is 3. The first-order valence-corrected chi connectivity index (χ1v) is 18.3. The molecule has 2 aromatic rings. The quantitative estimate of drug-likeness (QED) is 0.191. The molecule has 0 amide bonds. The lowest BCUT2D eigenvalue weighted by Gasteiger charge is -2.60. The van der Waals surface area contributed by atoms with Gasteiger partial charge < -0.3 is 19.5 Å². The molecule has 6 aliphatic rings. The van der Waals surface area contributed by atoms with E-state index in [1.165, 1.54) is 35.7 Å². The normalized spacial score (nSPS) is 35.6. The summed E-state index contributed by atoms with van der Waals surface area (Å²) in [6, 6.07) is 1.85. The van der Waals surface area contributed by atoms with Crippen molar-refractivity contribution in [1.29, 1.82) is 0 Å². The van der Waals surface area contributed by atoms with Crippen molar-refractivity contribution in [1.82, 2.24) is 4.57 Å². The second kappa shape index (κ2) is 11.0. The molecule has 1 aromatic carbocycles. The summed E-state index contributed by atoms with van der Waals surface area (Å²) in [5.41, 5.74) is 7.21. The predicted molar refractivity (Wildman–Crippen MR) is 196 cm³/mol. The number of carboxylic acid groups (broad SMARTS) is 1. The highest BCUT2D eigenvalue weighted by Crippen LogP contribution is 2.69. The Labute approximate surface area is 296 Å². The molecule has 3 heterocycles. The van der Waals surface area contributed by atoms with Gasteiger partial charge in [0.2, 0.25) is 0 Å². The number of Topliss-reactive ketones (excluding diaryl/α,β-unsaturated/α-hetero) is 2. The van der Waals surface area contributed by atoms with Gasteiger partial charge in [-0.3, -0.25) is 9.59 Å². The van der Waals surface area contributed by atoms with E-state index in [0.29, 0.717) is 35.2 Å². The summed E-state index contributed by atoms with van der Waals surface area (Å²) in [5, 5.41) is 21.4. The van der Waals surface area contributed by atoms with Crippen LogP contribution in [0.15, 0.2) is 48.6 Å².